The Hall–Kier alpha value is -1.32. The molecule has 0 radical (unpaired) electrons. The number of nitrogens with one attached hydrogen (secondary N) is 2. The average molecular weight is 303 g/mol. The highest BCUT2D eigenvalue weighted by molar-refractivity contribution is 7.89. The van der Waals surface area contributed by atoms with Gasteiger partial charge in [0.25, 0.3) is 0 Å². The fourth-order valence-corrected chi connectivity index (χ4v) is 2.42. The van der Waals surface area contributed by atoms with Gasteiger partial charge in [-0.25, -0.2) is 23.1 Å². The van der Waals surface area contributed by atoms with Crippen molar-refractivity contribution in [1.82, 2.24) is 14.7 Å². The molecule has 1 aromatic heterocycles. The number of nitrogens with zero attached hydrogens (tertiary/aromatic N) is 2. The summed E-state index contributed by atoms with van der Waals surface area (Å²) in [4.78, 5) is 8.40. The van der Waals surface area contributed by atoms with Crippen molar-refractivity contribution in [1.29, 1.82) is 0 Å². The predicted molar refractivity (Wildman–Crippen MR) is 78.6 cm³/mol. The summed E-state index contributed by atoms with van der Waals surface area (Å²) >= 11 is 4.84. The Balaban J connectivity index is 2.66. The lowest BCUT2D eigenvalue weighted by atomic mass is 10.3. The van der Waals surface area contributed by atoms with Crippen LogP contribution in [0.4, 0.5) is 5.95 Å². The second kappa shape index (κ2) is 6.73. The van der Waals surface area contributed by atoms with E-state index in [4.69, 9.17) is 18.0 Å². The van der Waals surface area contributed by atoms with Crippen molar-refractivity contribution in [3.63, 3.8) is 0 Å². The van der Waals surface area contributed by atoms with Crippen LogP contribution in [0.3, 0.4) is 0 Å². The van der Waals surface area contributed by atoms with Gasteiger partial charge in [-0.05, 0) is 13.0 Å². The van der Waals surface area contributed by atoms with E-state index >= 15 is 0 Å². The van der Waals surface area contributed by atoms with Gasteiger partial charge in [0, 0.05) is 18.8 Å². The molecule has 19 heavy (non-hydrogen) atoms. The number of rotatable bonds is 7. The van der Waals surface area contributed by atoms with E-state index in [9.17, 15) is 8.42 Å². The molecule has 1 heterocycles. The van der Waals surface area contributed by atoms with Crippen molar-refractivity contribution in [3.8, 4) is 0 Å². The third-order valence-electron chi connectivity index (χ3n) is 2.12. The molecule has 0 aliphatic rings. The van der Waals surface area contributed by atoms with Crippen LogP contribution < -0.4 is 15.8 Å². The first-order valence-electron chi connectivity index (χ1n) is 5.70. The number of sulfonamides is 1. The highest BCUT2D eigenvalue weighted by Gasteiger charge is 2.09. The van der Waals surface area contributed by atoms with Gasteiger partial charge in [-0.3, -0.25) is 0 Å². The maximum Gasteiger partial charge on any atom is 0.223 e. The number of nitrogens with two attached hydrogens (primary N) is 1. The number of hydrogen-bond donors (Lipinski definition) is 3. The Labute approximate surface area is 118 Å². The molecular formula is C10H17N5O2S2. The van der Waals surface area contributed by atoms with Crippen LogP contribution in [0, 0.1) is 6.92 Å². The molecule has 0 bridgehead atoms. The number of aryl methyl sites for hydroxylation is 1. The lowest BCUT2D eigenvalue weighted by molar-refractivity contribution is 0.584. The van der Waals surface area contributed by atoms with Crippen molar-refractivity contribution in [2.45, 2.75) is 13.8 Å². The van der Waals surface area contributed by atoms with Crippen LogP contribution in [0.2, 0.25) is 0 Å². The molecule has 0 saturated carbocycles. The molecule has 0 aliphatic heterocycles. The fourth-order valence-electron chi connectivity index (χ4n) is 1.36. The molecule has 0 fully saturated rings. The quantitative estimate of drug-likeness (QED) is 0.597. The molecule has 0 spiro atoms. The van der Waals surface area contributed by atoms with E-state index in [1.807, 2.05) is 0 Å². The summed E-state index contributed by atoms with van der Waals surface area (Å²) in [5.41, 5.74) is 6.66. The summed E-state index contributed by atoms with van der Waals surface area (Å²) in [7, 11) is -3.26. The van der Waals surface area contributed by atoms with Gasteiger partial charge in [0.15, 0.2) is 0 Å². The van der Waals surface area contributed by atoms with Crippen LogP contribution in [-0.2, 0) is 10.0 Å². The molecule has 4 N–H and O–H groups in total. The van der Waals surface area contributed by atoms with Gasteiger partial charge in [0.05, 0.1) is 5.75 Å². The third kappa shape index (κ3) is 5.45. The second-order valence-electron chi connectivity index (χ2n) is 3.83. The molecular weight excluding hydrogens is 286 g/mol. The number of aromatic nitrogens is 2. The molecule has 0 aromatic carbocycles. The summed E-state index contributed by atoms with van der Waals surface area (Å²) in [6.07, 6.45) is 0. The first-order valence-corrected chi connectivity index (χ1v) is 7.77. The van der Waals surface area contributed by atoms with Gasteiger partial charge in [0.1, 0.15) is 10.7 Å². The van der Waals surface area contributed by atoms with Crippen molar-refractivity contribution in [2.75, 3.05) is 24.2 Å². The second-order valence-corrected chi connectivity index (χ2v) is 6.19. The van der Waals surface area contributed by atoms with Crippen molar-refractivity contribution in [3.05, 3.63) is 17.5 Å². The summed E-state index contributed by atoms with van der Waals surface area (Å²) in [6, 6.07) is 1.67. The monoisotopic (exact) mass is 303 g/mol. The van der Waals surface area contributed by atoms with E-state index < -0.39 is 10.0 Å². The van der Waals surface area contributed by atoms with Crippen molar-refractivity contribution < 1.29 is 8.42 Å². The molecule has 0 aliphatic carbocycles. The zero-order valence-corrected chi connectivity index (χ0v) is 12.4. The van der Waals surface area contributed by atoms with E-state index in [2.05, 4.69) is 20.0 Å². The predicted octanol–water partition coefficient (Wildman–Crippen LogP) is -0.230. The standard InChI is InChI=1S/C10H17N5O2S2/c1-3-13-19(16,17)5-4-12-10-14-7(2)6-8(15-10)9(11)18/h6,13H,3-5H2,1-2H3,(H2,11,18)(H,12,14,15). The van der Waals surface area contributed by atoms with Crippen molar-refractivity contribution >= 4 is 33.2 Å². The van der Waals surface area contributed by atoms with E-state index in [1.54, 1.807) is 19.9 Å². The molecule has 0 unspecified atom stereocenters. The Morgan fingerprint density at radius 1 is 1.47 bits per heavy atom. The smallest absolute Gasteiger partial charge is 0.223 e. The van der Waals surface area contributed by atoms with E-state index in [1.165, 1.54) is 0 Å². The summed E-state index contributed by atoms with van der Waals surface area (Å²) < 4.78 is 25.3. The number of thiocarbonyl (C=S) groups is 1. The highest BCUT2D eigenvalue weighted by atomic mass is 32.2. The Bertz CT molecular complexity index is 559. The van der Waals surface area contributed by atoms with Crippen LogP contribution >= 0.6 is 12.2 Å². The van der Waals surface area contributed by atoms with Crippen molar-refractivity contribution in [2.24, 2.45) is 5.73 Å². The topological polar surface area (TPSA) is 110 Å². The lowest BCUT2D eigenvalue weighted by Crippen LogP contribution is -2.29. The summed E-state index contributed by atoms with van der Waals surface area (Å²) in [5.74, 6) is 0.259. The zero-order chi connectivity index (χ0) is 14.5. The fraction of sp³-hybridized carbons (Fsp3) is 0.500. The van der Waals surface area contributed by atoms with Gasteiger partial charge in [-0.1, -0.05) is 19.1 Å². The Kier molecular flexibility index (Phi) is 5.58. The Morgan fingerprint density at radius 2 is 2.16 bits per heavy atom. The number of hydrogen-bond acceptors (Lipinski definition) is 6. The molecule has 1 aromatic rings. The summed E-state index contributed by atoms with van der Waals surface area (Å²) in [5, 5.41) is 2.84. The molecule has 7 nitrogen and oxygen atoms in total. The SMILES string of the molecule is CCNS(=O)(=O)CCNc1nc(C)cc(C(N)=S)n1. The van der Waals surface area contributed by atoms with E-state index in [-0.39, 0.29) is 17.3 Å². The number of anilines is 1. The van der Waals surface area contributed by atoms with Gasteiger partial charge in [-0.2, -0.15) is 0 Å². The van der Waals surface area contributed by atoms with E-state index in [0.29, 0.717) is 23.9 Å². The highest BCUT2D eigenvalue weighted by Crippen LogP contribution is 2.04. The van der Waals surface area contributed by atoms with Crippen LogP contribution in [0.1, 0.15) is 18.3 Å². The summed E-state index contributed by atoms with van der Waals surface area (Å²) in [6.45, 7) is 4.08. The largest absolute Gasteiger partial charge is 0.388 e. The van der Waals surface area contributed by atoms with Gasteiger partial charge in [0.2, 0.25) is 16.0 Å². The maximum absolute atomic E-state index is 11.4. The minimum Gasteiger partial charge on any atom is -0.388 e. The van der Waals surface area contributed by atoms with Crippen LogP contribution in [-0.4, -0.2) is 42.2 Å². The van der Waals surface area contributed by atoms with Crippen LogP contribution in [0.5, 0.6) is 0 Å². The zero-order valence-electron chi connectivity index (χ0n) is 10.8. The first kappa shape index (κ1) is 15.7. The van der Waals surface area contributed by atoms with E-state index in [0.717, 1.165) is 0 Å². The van der Waals surface area contributed by atoms with Gasteiger partial charge >= 0.3 is 0 Å². The lowest BCUT2D eigenvalue weighted by Gasteiger charge is -2.08. The minimum absolute atomic E-state index is 0.0550. The van der Waals surface area contributed by atoms with Crippen LogP contribution in [0.15, 0.2) is 6.07 Å². The molecule has 0 atom stereocenters. The minimum atomic E-state index is -3.26. The third-order valence-corrected chi connectivity index (χ3v) is 3.80. The molecule has 0 saturated heterocycles. The normalized spacial score (nSPS) is 11.3. The van der Waals surface area contributed by atoms with Gasteiger partial charge < -0.3 is 11.1 Å². The van der Waals surface area contributed by atoms with Crippen LogP contribution in [0.25, 0.3) is 0 Å². The van der Waals surface area contributed by atoms with Gasteiger partial charge in [-0.15, -0.1) is 0 Å². The maximum atomic E-state index is 11.4. The molecule has 106 valence electrons. The first-order chi connectivity index (χ1) is 8.84. The average Bonchev–Trinajstić information content (AvgIpc) is 2.27. The molecule has 9 heteroatoms. The molecule has 1 rings (SSSR count). The Morgan fingerprint density at radius 3 is 2.74 bits per heavy atom. The molecule has 0 amide bonds.